The van der Waals surface area contributed by atoms with Crippen LogP contribution in [0.4, 0.5) is 5.69 Å². The van der Waals surface area contributed by atoms with Crippen molar-refractivity contribution in [2.24, 2.45) is 0 Å². The summed E-state index contributed by atoms with van der Waals surface area (Å²) in [4.78, 5) is 23.0. The van der Waals surface area contributed by atoms with E-state index in [0.29, 0.717) is 31.2 Å². The predicted molar refractivity (Wildman–Crippen MR) is 99.0 cm³/mol. The van der Waals surface area contributed by atoms with E-state index in [2.05, 4.69) is 0 Å². The number of cyclic esters (lactones) is 1. The summed E-state index contributed by atoms with van der Waals surface area (Å²) in [5.41, 5.74) is 2.08. The lowest BCUT2D eigenvalue weighted by molar-refractivity contribution is -0.385. The molecule has 1 fully saturated rings. The van der Waals surface area contributed by atoms with Crippen LogP contribution in [-0.2, 0) is 22.4 Å². The lowest BCUT2D eigenvalue weighted by Crippen LogP contribution is -2.32. The highest BCUT2D eigenvalue weighted by Gasteiger charge is 2.37. The third-order valence-corrected chi connectivity index (χ3v) is 5.20. The summed E-state index contributed by atoms with van der Waals surface area (Å²) in [6, 6.07) is 1.65. The topological polar surface area (TPSA) is 98.9 Å². The van der Waals surface area contributed by atoms with Crippen LogP contribution in [-0.4, -0.2) is 33.8 Å². The van der Waals surface area contributed by atoms with Gasteiger partial charge in [-0.3, -0.25) is 14.9 Å². The molecule has 0 saturated carbocycles. The number of esters is 1. The van der Waals surface area contributed by atoms with Gasteiger partial charge in [0.15, 0.2) is 0 Å². The van der Waals surface area contributed by atoms with Crippen LogP contribution in [0.1, 0.15) is 69.6 Å². The minimum Gasteiger partial charge on any atom is -0.487 e. The van der Waals surface area contributed by atoms with Crippen molar-refractivity contribution in [3.63, 3.8) is 0 Å². The van der Waals surface area contributed by atoms with Crippen LogP contribution in [0.25, 0.3) is 0 Å². The molecule has 0 aliphatic carbocycles. The normalized spacial score (nSPS) is 23.7. The van der Waals surface area contributed by atoms with E-state index in [9.17, 15) is 20.0 Å². The number of nitrogens with zero attached hydrogens (tertiary/aromatic N) is 1. The van der Waals surface area contributed by atoms with Crippen molar-refractivity contribution in [1.29, 1.82) is 0 Å². The van der Waals surface area contributed by atoms with Gasteiger partial charge in [0.1, 0.15) is 17.5 Å². The van der Waals surface area contributed by atoms with Crippen molar-refractivity contribution < 1.29 is 24.3 Å². The Bertz CT molecular complexity index is 770. The molecule has 2 aliphatic heterocycles. The van der Waals surface area contributed by atoms with Gasteiger partial charge >= 0.3 is 5.97 Å². The summed E-state index contributed by atoms with van der Waals surface area (Å²) in [5, 5.41) is 21.5. The number of aliphatic hydroxyl groups is 1. The molecule has 2 heterocycles. The molecule has 0 radical (unpaired) electrons. The first-order chi connectivity index (χ1) is 12.6. The number of carbonyl (C=O) groups is 1. The Kier molecular flexibility index (Phi) is 5.16. The number of carbonyl (C=O) groups excluding carboxylic acids is 1. The Morgan fingerprint density at radius 1 is 1.41 bits per heavy atom. The number of ether oxygens (including phenoxy) is 2. The van der Waals surface area contributed by atoms with Gasteiger partial charge in [0, 0.05) is 35.6 Å². The quantitative estimate of drug-likeness (QED) is 0.479. The maximum atomic E-state index is 11.7. The predicted octanol–water partition coefficient (Wildman–Crippen LogP) is 3.43. The Hall–Kier alpha value is -2.15. The van der Waals surface area contributed by atoms with Crippen LogP contribution in [0.5, 0.6) is 5.75 Å². The Labute approximate surface area is 158 Å². The summed E-state index contributed by atoms with van der Waals surface area (Å²) in [7, 11) is 0. The molecule has 0 aromatic heterocycles. The molecule has 2 aliphatic rings. The zero-order chi connectivity index (χ0) is 19.9. The van der Waals surface area contributed by atoms with Crippen molar-refractivity contribution in [1.82, 2.24) is 0 Å². The monoisotopic (exact) mass is 377 g/mol. The lowest BCUT2D eigenvalue weighted by Gasteiger charge is -2.27. The van der Waals surface area contributed by atoms with Crippen LogP contribution >= 0.6 is 0 Å². The second kappa shape index (κ2) is 7.11. The molecule has 1 aromatic rings. The fourth-order valence-corrected chi connectivity index (χ4v) is 4.20. The standard InChI is InChI=1S/C20H27NO6/c1-11(2)18-15(6-5-14-8-13(22)9-17(23)26-14)19-12(7-16(18)21(24)25)10-20(3,4)27-19/h7,11,13-14,22H,5-6,8-10H2,1-4H3/t13-,14-/m1/s1. The SMILES string of the molecule is CC(C)c1c([N+](=O)[O-])cc2c(c1CC[C@@H]1C[C@@H](O)CC(=O)O1)OC(C)(C)C2. The first-order valence-corrected chi connectivity index (χ1v) is 9.47. The largest absolute Gasteiger partial charge is 0.487 e. The number of hydrogen-bond donors (Lipinski definition) is 1. The minimum absolute atomic E-state index is 0.0251. The zero-order valence-corrected chi connectivity index (χ0v) is 16.3. The third kappa shape index (κ3) is 4.08. The molecule has 0 spiro atoms. The Balaban J connectivity index is 1.97. The number of nitro benzene ring substituents is 1. The van der Waals surface area contributed by atoms with Crippen LogP contribution in [0.2, 0.25) is 0 Å². The fraction of sp³-hybridized carbons (Fsp3) is 0.650. The average Bonchev–Trinajstić information content (AvgIpc) is 2.84. The molecule has 1 saturated heterocycles. The summed E-state index contributed by atoms with van der Waals surface area (Å²) < 4.78 is 11.5. The van der Waals surface area contributed by atoms with Gasteiger partial charge < -0.3 is 14.6 Å². The lowest BCUT2D eigenvalue weighted by atomic mass is 9.87. The van der Waals surface area contributed by atoms with E-state index in [1.807, 2.05) is 27.7 Å². The first-order valence-electron chi connectivity index (χ1n) is 9.47. The number of hydrogen-bond acceptors (Lipinski definition) is 6. The molecule has 7 nitrogen and oxygen atoms in total. The minimum atomic E-state index is -0.688. The van der Waals surface area contributed by atoms with Gasteiger partial charge in [-0.05, 0) is 32.6 Å². The highest BCUT2D eigenvalue weighted by Crippen LogP contribution is 2.45. The highest BCUT2D eigenvalue weighted by atomic mass is 16.6. The van der Waals surface area contributed by atoms with E-state index in [4.69, 9.17) is 9.47 Å². The van der Waals surface area contributed by atoms with Crippen molar-refractivity contribution in [3.8, 4) is 5.75 Å². The van der Waals surface area contributed by atoms with Gasteiger partial charge in [-0.1, -0.05) is 13.8 Å². The van der Waals surface area contributed by atoms with E-state index in [0.717, 1.165) is 16.9 Å². The second-order valence-corrected chi connectivity index (χ2v) is 8.47. The van der Waals surface area contributed by atoms with Gasteiger partial charge in [0.2, 0.25) is 0 Å². The molecule has 1 N–H and O–H groups in total. The Morgan fingerprint density at radius 3 is 2.70 bits per heavy atom. The van der Waals surface area contributed by atoms with E-state index in [1.54, 1.807) is 6.07 Å². The summed E-state index contributed by atoms with van der Waals surface area (Å²) in [5.74, 6) is 0.291. The van der Waals surface area contributed by atoms with E-state index < -0.39 is 17.7 Å². The molecule has 7 heteroatoms. The Morgan fingerprint density at radius 2 is 2.11 bits per heavy atom. The van der Waals surface area contributed by atoms with Gasteiger partial charge in [0.25, 0.3) is 5.69 Å². The molecule has 2 atom stereocenters. The average molecular weight is 377 g/mol. The maximum Gasteiger partial charge on any atom is 0.308 e. The molecule has 148 valence electrons. The molecule has 0 bridgehead atoms. The van der Waals surface area contributed by atoms with Gasteiger partial charge in [-0.15, -0.1) is 0 Å². The van der Waals surface area contributed by atoms with E-state index >= 15 is 0 Å². The molecule has 0 unspecified atom stereocenters. The number of rotatable bonds is 5. The number of nitro groups is 1. The van der Waals surface area contributed by atoms with Gasteiger partial charge in [-0.2, -0.15) is 0 Å². The number of fused-ring (bicyclic) bond motifs is 1. The van der Waals surface area contributed by atoms with E-state index in [-0.39, 0.29) is 29.1 Å². The molecule has 0 amide bonds. The van der Waals surface area contributed by atoms with Crippen molar-refractivity contribution in [2.75, 3.05) is 0 Å². The van der Waals surface area contributed by atoms with Crippen LogP contribution in [0, 0.1) is 10.1 Å². The fourth-order valence-electron chi connectivity index (χ4n) is 4.20. The van der Waals surface area contributed by atoms with Crippen molar-refractivity contribution in [2.45, 2.75) is 83.5 Å². The summed E-state index contributed by atoms with van der Waals surface area (Å²) in [6.45, 7) is 7.80. The van der Waals surface area contributed by atoms with Crippen LogP contribution < -0.4 is 4.74 Å². The highest BCUT2D eigenvalue weighted by molar-refractivity contribution is 5.71. The summed E-state index contributed by atoms with van der Waals surface area (Å²) >= 11 is 0. The first kappa shape index (κ1) is 19.6. The van der Waals surface area contributed by atoms with Gasteiger partial charge in [0.05, 0.1) is 17.4 Å². The van der Waals surface area contributed by atoms with Crippen molar-refractivity contribution in [3.05, 3.63) is 32.9 Å². The van der Waals surface area contributed by atoms with Crippen LogP contribution in [0.15, 0.2) is 6.07 Å². The molecule has 27 heavy (non-hydrogen) atoms. The van der Waals surface area contributed by atoms with Crippen LogP contribution in [0.3, 0.4) is 0 Å². The van der Waals surface area contributed by atoms with E-state index in [1.165, 1.54) is 0 Å². The summed E-state index contributed by atoms with van der Waals surface area (Å²) in [6.07, 6.45) is 0.963. The third-order valence-electron chi connectivity index (χ3n) is 5.20. The molecular formula is C20H27NO6. The number of aliphatic hydroxyl groups excluding tert-OH is 1. The maximum absolute atomic E-state index is 11.7. The smallest absolute Gasteiger partial charge is 0.308 e. The number of benzene rings is 1. The molecule has 1 aromatic carbocycles. The van der Waals surface area contributed by atoms with Gasteiger partial charge in [-0.25, -0.2) is 0 Å². The molecule has 3 rings (SSSR count). The molecular weight excluding hydrogens is 350 g/mol. The zero-order valence-electron chi connectivity index (χ0n) is 16.3. The second-order valence-electron chi connectivity index (χ2n) is 8.47. The van der Waals surface area contributed by atoms with Crippen molar-refractivity contribution >= 4 is 11.7 Å².